The smallest absolute Gasteiger partial charge is 0.338 e. The third kappa shape index (κ3) is 3.75. The van der Waals surface area contributed by atoms with E-state index in [1.54, 1.807) is 48.5 Å². The van der Waals surface area contributed by atoms with Crippen LogP contribution in [0.1, 0.15) is 32.7 Å². The average molecular weight is 384 g/mol. The first-order valence-corrected chi connectivity index (χ1v) is 8.46. The maximum Gasteiger partial charge on any atom is 0.338 e. The van der Waals surface area contributed by atoms with Crippen LogP contribution in [0.25, 0.3) is 0 Å². The maximum atomic E-state index is 12.6. The highest BCUT2D eigenvalue weighted by molar-refractivity contribution is 6.50. The minimum atomic E-state index is -0.807. The lowest BCUT2D eigenvalue weighted by Crippen LogP contribution is -2.14. The monoisotopic (exact) mass is 382 g/mol. The van der Waals surface area contributed by atoms with Crippen LogP contribution in [-0.4, -0.2) is 22.7 Å². The van der Waals surface area contributed by atoms with Gasteiger partial charge in [-0.05, 0) is 36.8 Å². The predicted octanol–water partition coefficient (Wildman–Crippen LogP) is 4.92. The first-order chi connectivity index (χ1) is 11.4. The van der Waals surface area contributed by atoms with Crippen molar-refractivity contribution in [3.63, 3.8) is 0 Å². The van der Waals surface area contributed by atoms with Crippen LogP contribution in [-0.2, 0) is 4.74 Å². The van der Waals surface area contributed by atoms with Crippen LogP contribution in [0.4, 0.5) is 0 Å². The van der Waals surface area contributed by atoms with Crippen LogP contribution in [0.3, 0.4) is 0 Å². The van der Waals surface area contributed by atoms with E-state index in [0.29, 0.717) is 17.0 Å². The molecule has 1 atom stereocenters. The summed E-state index contributed by atoms with van der Waals surface area (Å²) in [4.78, 5) is 25.0. The van der Waals surface area contributed by atoms with Crippen molar-refractivity contribution >= 4 is 46.6 Å². The van der Waals surface area contributed by atoms with Gasteiger partial charge in [-0.2, -0.15) is 0 Å². The summed E-state index contributed by atoms with van der Waals surface area (Å²) < 4.78 is 4.45. The van der Waals surface area contributed by atoms with Gasteiger partial charge in [0.2, 0.25) is 0 Å². The molecule has 6 heteroatoms. The molecule has 0 N–H and O–H groups in total. The van der Waals surface area contributed by atoms with Gasteiger partial charge in [0.05, 0.1) is 12.2 Å². The number of esters is 1. The second-order valence-corrected chi connectivity index (χ2v) is 7.62. The van der Waals surface area contributed by atoms with Gasteiger partial charge < -0.3 is 4.74 Å². The van der Waals surface area contributed by atoms with Gasteiger partial charge >= 0.3 is 5.97 Å². The lowest BCUT2D eigenvalue weighted by Gasteiger charge is -2.09. The van der Waals surface area contributed by atoms with Gasteiger partial charge in [0.15, 0.2) is 5.78 Å². The lowest BCUT2D eigenvalue weighted by molar-refractivity contribution is 0.0482. The number of carbonyl (C=O) groups is 2. The molecule has 0 heterocycles. The van der Waals surface area contributed by atoms with Crippen LogP contribution in [0.15, 0.2) is 48.5 Å². The summed E-state index contributed by atoms with van der Waals surface area (Å²) in [6, 6.07) is 13.0. The first kappa shape index (κ1) is 17.3. The normalized spacial score (nSPS) is 18.0. The Morgan fingerprint density at radius 3 is 2.21 bits per heavy atom. The van der Waals surface area contributed by atoms with E-state index < -0.39 is 10.3 Å². The van der Waals surface area contributed by atoms with Gasteiger partial charge in [-0.15, -0.1) is 23.2 Å². The van der Waals surface area contributed by atoms with Gasteiger partial charge in [0.1, 0.15) is 4.33 Å². The van der Waals surface area contributed by atoms with Gasteiger partial charge in [0.25, 0.3) is 0 Å². The average Bonchev–Trinajstić information content (AvgIpc) is 3.19. The van der Waals surface area contributed by atoms with Gasteiger partial charge in [-0.3, -0.25) is 4.79 Å². The highest BCUT2D eigenvalue weighted by Crippen LogP contribution is 2.53. The fourth-order valence-corrected chi connectivity index (χ4v) is 2.94. The minimum absolute atomic E-state index is 0.0658. The van der Waals surface area contributed by atoms with Gasteiger partial charge in [0, 0.05) is 22.1 Å². The Hall–Kier alpha value is -1.55. The molecule has 24 heavy (non-hydrogen) atoms. The Morgan fingerprint density at radius 2 is 1.62 bits per heavy atom. The number of carbonyl (C=O) groups excluding carboxylic acids is 2. The first-order valence-electron chi connectivity index (χ1n) is 7.33. The second-order valence-electron chi connectivity index (χ2n) is 5.64. The molecule has 0 radical (unpaired) electrons. The number of alkyl halides is 2. The highest BCUT2D eigenvalue weighted by atomic mass is 35.5. The van der Waals surface area contributed by atoms with Crippen LogP contribution in [0, 0.1) is 5.92 Å². The van der Waals surface area contributed by atoms with Crippen LogP contribution in [0.5, 0.6) is 0 Å². The molecule has 2 aromatic carbocycles. The molecule has 1 aliphatic rings. The zero-order valence-corrected chi connectivity index (χ0v) is 14.7. The van der Waals surface area contributed by atoms with E-state index in [1.807, 2.05) is 0 Å². The molecule has 1 fully saturated rings. The largest absolute Gasteiger partial charge is 0.462 e. The number of ether oxygens (including phenoxy) is 1. The maximum absolute atomic E-state index is 12.6. The van der Waals surface area contributed by atoms with Crippen molar-refractivity contribution in [3.8, 4) is 0 Å². The molecule has 2 aromatic rings. The van der Waals surface area contributed by atoms with Crippen LogP contribution in [0.2, 0.25) is 5.02 Å². The highest BCUT2D eigenvalue weighted by Gasteiger charge is 2.52. The molecule has 0 aliphatic heterocycles. The summed E-state index contributed by atoms with van der Waals surface area (Å²) >= 11 is 17.7. The Balaban J connectivity index is 1.78. The van der Waals surface area contributed by atoms with Crippen molar-refractivity contribution in [1.82, 2.24) is 0 Å². The number of hydrogen-bond acceptors (Lipinski definition) is 3. The third-order valence-electron chi connectivity index (χ3n) is 3.87. The SMILES string of the molecule is O=C(OC[C@H]1CC1(Cl)Cl)c1ccccc1C(=O)c1ccc(Cl)cc1. The molecule has 0 aromatic heterocycles. The lowest BCUT2D eigenvalue weighted by atomic mass is 9.98. The Labute approximate surface area is 154 Å². The molecule has 1 saturated carbocycles. The van der Waals surface area contributed by atoms with Gasteiger partial charge in [-0.1, -0.05) is 29.8 Å². The summed E-state index contributed by atoms with van der Waals surface area (Å²) in [5.41, 5.74) is 0.943. The molecule has 0 saturated heterocycles. The molecular weight excluding hydrogens is 371 g/mol. The molecule has 124 valence electrons. The zero-order chi connectivity index (χ0) is 17.3. The molecular formula is C18H13Cl3O3. The quantitative estimate of drug-likeness (QED) is 0.418. The standard InChI is InChI=1S/C18H13Cl3O3/c19-13-7-5-11(6-8-13)16(22)14-3-1-2-4-15(14)17(23)24-10-12-9-18(12,20)21/h1-8,12H,9-10H2/t12-/m1/s1. The third-order valence-corrected chi connectivity index (χ3v) is 5.05. The van der Waals surface area contributed by atoms with E-state index in [9.17, 15) is 9.59 Å². The Bertz CT molecular complexity index is 784. The number of benzene rings is 2. The van der Waals surface area contributed by atoms with Gasteiger partial charge in [-0.25, -0.2) is 4.79 Å². The van der Waals surface area contributed by atoms with Crippen molar-refractivity contribution in [3.05, 3.63) is 70.2 Å². The number of halogens is 3. The fourth-order valence-electron chi connectivity index (χ4n) is 2.32. The molecule has 3 rings (SSSR count). The van der Waals surface area contributed by atoms with Crippen LogP contribution >= 0.6 is 34.8 Å². The van der Waals surface area contributed by atoms with E-state index in [1.165, 1.54) is 0 Å². The summed E-state index contributed by atoms with van der Waals surface area (Å²) in [6.45, 7) is 0.134. The summed E-state index contributed by atoms with van der Waals surface area (Å²) in [5, 5.41) is 0.536. The van der Waals surface area contributed by atoms with Crippen molar-refractivity contribution in [2.45, 2.75) is 10.8 Å². The molecule has 0 amide bonds. The van der Waals surface area contributed by atoms with Crippen molar-refractivity contribution < 1.29 is 14.3 Å². The molecule has 0 bridgehead atoms. The Morgan fingerprint density at radius 1 is 1.04 bits per heavy atom. The predicted molar refractivity (Wildman–Crippen MR) is 94.2 cm³/mol. The van der Waals surface area contributed by atoms with Crippen molar-refractivity contribution in [2.75, 3.05) is 6.61 Å². The second kappa shape index (κ2) is 6.75. The van der Waals surface area contributed by atoms with Crippen molar-refractivity contribution in [2.24, 2.45) is 5.92 Å². The van der Waals surface area contributed by atoms with E-state index in [2.05, 4.69) is 0 Å². The van der Waals surface area contributed by atoms with E-state index in [-0.39, 0.29) is 29.4 Å². The summed E-state index contributed by atoms with van der Waals surface area (Å²) in [6.07, 6.45) is 0.592. The zero-order valence-electron chi connectivity index (χ0n) is 12.5. The minimum Gasteiger partial charge on any atom is -0.462 e. The number of ketones is 1. The van der Waals surface area contributed by atoms with Crippen LogP contribution < -0.4 is 0 Å². The molecule has 1 aliphatic carbocycles. The summed E-state index contributed by atoms with van der Waals surface area (Å²) in [5.74, 6) is -0.900. The van der Waals surface area contributed by atoms with Crippen molar-refractivity contribution in [1.29, 1.82) is 0 Å². The number of rotatable bonds is 5. The molecule has 0 unspecified atom stereocenters. The Kier molecular flexibility index (Phi) is 4.86. The van der Waals surface area contributed by atoms with E-state index >= 15 is 0 Å². The number of hydrogen-bond donors (Lipinski definition) is 0. The molecule has 0 spiro atoms. The van der Waals surface area contributed by atoms with E-state index in [4.69, 9.17) is 39.5 Å². The fraction of sp³-hybridized carbons (Fsp3) is 0.222. The van der Waals surface area contributed by atoms with E-state index in [0.717, 1.165) is 0 Å². The molecule has 3 nitrogen and oxygen atoms in total. The summed E-state index contributed by atoms with van der Waals surface area (Å²) in [7, 11) is 0. The topological polar surface area (TPSA) is 43.4 Å².